The lowest BCUT2D eigenvalue weighted by atomic mass is 10.1. The maximum absolute atomic E-state index is 10.4. The number of halogens is 1. The molecule has 0 amide bonds. The van der Waals surface area contributed by atoms with E-state index < -0.39 is 5.97 Å². The number of hydrogen-bond acceptors (Lipinski definition) is 2. The summed E-state index contributed by atoms with van der Waals surface area (Å²) in [5, 5.41) is 8.55. The van der Waals surface area contributed by atoms with Gasteiger partial charge >= 0.3 is 5.97 Å². The van der Waals surface area contributed by atoms with Gasteiger partial charge in [0.1, 0.15) is 0 Å². The van der Waals surface area contributed by atoms with Crippen molar-refractivity contribution in [2.24, 2.45) is 11.7 Å². The molecule has 64 valence electrons. The fraction of sp³-hybridized carbons (Fsp3) is 0.571. The van der Waals surface area contributed by atoms with E-state index in [1.165, 1.54) is 0 Å². The highest BCUT2D eigenvalue weighted by atomic mass is 35.5. The van der Waals surface area contributed by atoms with Crippen molar-refractivity contribution in [3.05, 3.63) is 12.2 Å². The van der Waals surface area contributed by atoms with Crippen LogP contribution in [0.1, 0.15) is 12.8 Å². The van der Waals surface area contributed by atoms with Crippen LogP contribution in [0, 0.1) is 5.92 Å². The first-order valence-corrected chi connectivity index (χ1v) is 3.27. The van der Waals surface area contributed by atoms with E-state index in [-0.39, 0.29) is 24.4 Å². The minimum absolute atomic E-state index is 0. The predicted molar refractivity (Wildman–Crippen MR) is 44.7 cm³/mol. The van der Waals surface area contributed by atoms with Crippen LogP contribution in [0.25, 0.3) is 0 Å². The van der Waals surface area contributed by atoms with Crippen molar-refractivity contribution in [1.29, 1.82) is 0 Å². The Labute approximate surface area is 71.7 Å². The SMILES string of the molecule is C=C1C[C@H](C(=O)O)C[C@@H]1N.Cl. The van der Waals surface area contributed by atoms with E-state index in [2.05, 4.69) is 6.58 Å². The number of rotatable bonds is 1. The fourth-order valence-electron chi connectivity index (χ4n) is 1.21. The van der Waals surface area contributed by atoms with Crippen LogP contribution in [0.15, 0.2) is 12.2 Å². The lowest BCUT2D eigenvalue weighted by Gasteiger charge is -1.99. The summed E-state index contributed by atoms with van der Waals surface area (Å²) in [5.41, 5.74) is 6.41. The molecule has 11 heavy (non-hydrogen) atoms. The molecule has 4 heteroatoms. The number of nitrogens with two attached hydrogens (primary N) is 1. The number of carboxylic acid groups (broad SMARTS) is 1. The minimum Gasteiger partial charge on any atom is -0.481 e. The molecule has 0 bridgehead atoms. The second-order valence-electron chi connectivity index (χ2n) is 2.74. The van der Waals surface area contributed by atoms with Gasteiger partial charge in [-0.1, -0.05) is 12.2 Å². The molecular weight excluding hydrogens is 166 g/mol. The second kappa shape index (κ2) is 3.74. The minimum atomic E-state index is -0.755. The fourth-order valence-corrected chi connectivity index (χ4v) is 1.21. The first kappa shape index (κ1) is 10.5. The van der Waals surface area contributed by atoms with E-state index in [0.29, 0.717) is 12.8 Å². The molecule has 1 aliphatic rings. The summed E-state index contributed by atoms with van der Waals surface area (Å²) in [6, 6.07) is -0.0962. The maximum atomic E-state index is 10.4. The number of carboxylic acids is 1. The lowest BCUT2D eigenvalue weighted by Crippen LogP contribution is -2.18. The Kier molecular flexibility index (Phi) is 3.55. The van der Waals surface area contributed by atoms with Crippen LogP contribution in [0.4, 0.5) is 0 Å². The molecular formula is C7H12ClNO2. The summed E-state index contributed by atoms with van der Waals surface area (Å²) in [4.78, 5) is 10.4. The highest BCUT2D eigenvalue weighted by molar-refractivity contribution is 5.85. The van der Waals surface area contributed by atoms with Gasteiger partial charge in [-0.25, -0.2) is 0 Å². The smallest absolute Gasteiger partial charge is 0.306 e. The van der Waals surface area contributed by atoms with E-state index in [0.717, 1.165) is 5.57 Å². The normalized spacial score (nSPS) is 29.7. The van der Waals surface area contributed by atoms with E-state index in [1.54, 1.807) is 0 Å². The van der Waals surface area contributed by atoms with Gasteiger partial charge in [-0.3, -0.25) is 4.79 Å². The molecule has 0 heterocycles. The molecule has 1 rings (SSSR count). The Morgan fingerprint density at radius 1 is 1.73 bits per heavy atom. The first-order chi connectivity index (χ1) is 4.61. The van der Waals surface area contributed by atoms with E-state index in [1.807, 2.05) is 0 Å². The molecule has 0 aliphatic heterocycles. The van der Waals surface area contributed by atoms with Crippen LogP contribution in [0.2, 0.25) is 0 Å². The third-order valence-electron chi connectivity index (χ3n) is 1.92. The Bertz CT molecular complexity index is 181. The third kappa shape index (κ3) is 2.20. The molecule has 0 radical (unpaired) electrons. The molecule has 1 saturated carbocycles. The van der Waals surface area contributed by atoms with Crippen molar-refractivity contribution in [2.45, 2.75) is 18.9 Å². The molecule has 3 N–H and O–H groups in total. The number of hydrogen-bond donors (Lipinski definition) is 2. The summed E-state index contributed by atoms with van der Waals surface area (Å²) < 4.78 is 0. The summed E-state index contributed by atoms with van der Waals surface area (Å²) in [6.45, 7) is 3.68. The van der Waals surface area contributed by atoms with Crippen molar-refractivity contribution >= 4 is 18.4 Å². The van der Waals surface area contributed by atoms with Gasteiger partial charge in [0.05, 0.1) is 5.92 Å². The van der Waals surface area contributed by atoms with Gasteiger partial charge in [0, 0.05) is 6.04 Å². The van der Waals surface area contributed by atoms with Gasteiger partial charge in [0.15, 0.2) is 0 Å². The zero-order chi connectivity index (χ0) is 7.72. The second-order valence-corrected chi connectivity index (χ2v) is 2.74. The van der Waals surface area contributed by atoms with Crippen LogP contribution >= 0.6 is 12.4 Å². The Morgan fingerprint density at radius 2 is 2.27 bits per heavy atom. The quantitative estimate of drug-likeness (QED) is 0.582. The van der Waals surface area contributed by atoms with Crippen LogP contribution in [-0.2, 0) is 4.79 Å². The standard InChI is InChI=1S/C7H11NO2.ClH/c1-4-2-5(7(9)10)3-6(4)8;/h5-6H,1-3,8H2,(H,9,10);1H/t5-,6-;/m0./s1. The maximum Gasteiger partial charge on any atom is 0.306 e. The highest BCUT2D eigenvalue weighted by Gasteiger charge is 2.29. The molecule has 1 aliphatic carbocycles. The third-order valence-corrected chi connectivity index (χ3v) is 1.92. The molecule has 0 unspecified atom stereocenters. The van der Waals surface area contributed by atoms with E-state index >= 15 is 0 Å². The Hall–Kier alpha value is -0.540. The number of carbonyl (C=O) groups is 1. The van der Waals surface area contributed by atoms with Gasteiger partial charge in [-0.05, 0) is 12.8 Å². The van der Waals surface area contributed by atoms with Crippen molar-refractivity contribution in [3.8, 4) is 0 Å². The lowest BCUT2D eigenvalue weighted by molar-refractivity contribution is -0.141. The zero-order valence-electron chi connectivity index (χ0n) is 6.12. The molecule has 1 fully saturated rings. The van der Waals surface area contributed by atoms with Gasteiger partial charge in [0.2, 0.25) is 0 Å². The molecule has 0 aromatic heterocycles. The van der Waals surface area contributed by atoms with Crippen LogP contribution in [0.3, 0.4) is 0 Å². The van der Waals surface area contributed by atoms with Crippen molar-refractivity contribution in [3.63, 3.8) is 0 Å². The summed E-state index contributed by atoms with van der Waals surface area (Å²) in [7, 11) is 0. The van der Waals surface area contributed by atoms with Crippen molar-refractivity contribution < 1.29 is 9.90 Å². The van der Waals surface area contributed by atoms with Gasteiger partial charge in [0.25, 0.3) is 0 Å². The summed E-state index contributed by atoms with van der Waals surface area (Å²) in [6.07, 6.45) is 1.10. The molecule has 0 saturated heterocycles. The first-order valence-electron chi connectivity index (χ1n) is 3.27. The Morgan fingerprint density at radius 3 is 2.45 bits per heavy atom. The summed E-state index contributed by atoms with van der Waals surface area (Å²) in [5.74, 6) is -1.04. The summed E-state index contributed by atoms with van der Waals surface area (Å²) >= 11 is 0. The Balaban J connectivity index is 0.000001000. The topological polar surface area (TPSA) is 63.3 Å². The monoisotopic (exact) mass is 177 g/mol. The van der Waals surface area contributed by atoms with Gasteiger partial charge < -0.3 is 10.8 Å². The van der Waals surface area contributed by atoms with Crippen LogP contribution in [-0.4, -0.2) is 17.1 Å². The van der Waals surface area contributed by atoms with E-state index in [4.69, 9.17) is 10.8 Å². The average Bonchev–Trinajstić information content (AvgIpc) is 2.13. The van der Waals surface area contributed by atoms with Crippen molar-refractivity contribution in [1.82, 2.24) is 0 Å². The predicted octanol–water partition coefficient (Wildman–Crippen LogP) is 0.786. The molecule has 0 spiro atoms. The van der Waals surface area contributed by atoms with Gasteiger partial charge in [-0.2, -0.15) is 0 Å². The van der Waals surface area contributed by atoms with E-state index in [9.17, 15) is 4.79 Å². The largest absolute Gasteiger partial charge is 0.481 e. The van der Waals surface area contributed by atoms with Crippen molar-refractivity contribution in [2.75, 3.05) is 0 Å². The van der Waals surface area contributed by atoms with Crippen LogP contribution in [0.5, 0.6) is 0 Å². The number of aliphatic carboxylic acids is 1. The van der Waals surface area contributed by atoms with Crippen LogP contribution < -0.4 is 5.73 Å². The average molecular weight is 178 g/mol. The molecule has 0 aromatic carbocycles. The highest BCUT2D eigenvalue weighted by Crippen LogP contribution is 2.27. The molecule has 3 nitrogen and oxygen atoms in total. The van der Waals surface area contributed by atoms with Gasteiger partial charge in [-0.15, -0.1) is 12.4 Å². The molecule has 2 atom stereocenters. The molecule has 0 aromatic rings. The zero-order valence-corrected chi connectivity index (χ0v) is 6.93.